The smallest absolute Gasteiger partial charge is 0.335 e. The van der Waals surface area contributed by atoms with Gasteiger partial charge in [0.25, 0.3) is 0 Å². The molecule has 1 N–H and O–H groups in total. The number of carbonyl (C=O) groups is 1. The summed E-state index contributed by atoms with van der Waals surface area (Å²) < 4.78 is 0. The summed E-state index contributed by atoms with van der Waals surface area (Å²) in [6.45, 7) is 1.62. The Morgan fingerprint density at radius 2 is 2.06 bits per heavy atom. The molecule has 0 unspecified atom stereocenters. The quantitative estimate of drug-likeness (QED) is 0.765. The summed E-state index contributed by atoms with van der Waals surface area (Å²) in [6.07, 6.45) is 5.91. The third kappa shape index (κ3) is 3.76. The van der Waals surface area contributed by atoms with Gasteiger partial charge in [0, 0.05) is 19.5 Å². The van der Waals surface area contributed by atoms with Crippen molar-refractivity contribution in [2.75, 3.05) is 13.6 Å². The van der Waals surface area contributed by atoms with Gasteiger partial charge in [-0.15, -0.1) is 12.3 Å². The first kappa shape index (κ1) is 12.3. The second kappa shape index (κ2) is 5.94. The molecule has 84 valence electrons. The van der Waals surface area contributed by atoms with Gasteiger partial charge in [0.2, 0.25) is 0 Å². The first-order valence-corrected chi connectivity index (χ1v) is 5.07. The molecule has 1 aromatic rings. The van der Waals surface area contributed by atoms with Gasteiger partial charge in [0.15, 0.2) is 0 Å². The number of carboxylic acid groups (broad SMARTS) is 1. The molecule has 16 heavy (non-hydrogen) atoms. The van der Waals surface area contributed by atoms with Crippen molar-refractivity contribution < 1.29 is 9.90 Å². The number of nitrogens with zero attached hydrogens (tertiary/aromatic N) is 1. The van der Waals surface area contributed by atoms with Crippen LogP contribution in [0, 0.1) is 12.3 Å². The normalized spacial score (nSPS) is 10.1. The van der Waals surface area contributed by atoms with Crippen LogP contribution in [0.3, 0.4) is 0 Å². The van der Waals surface area contributed by atoms with E-state index in [0.29, 0.717) is 5.56 Å². The van der Waals surface area contributed by atoms with E-state index in [4.69, 9.17) is 11.5 Å². The number of rotatable bonds is 5. The lowest BCUT2D eigenvalue weighted by Gasteiger charge is -2.14. The lowest BCUT2D eigenvalue weighted by atomic mass is 10.1. The maximum absolute atomic E-state index is 10.6. The van der Waals surface area contributed by atoms with E-state index < -0.39 is 5.97 Å². The van der Waals surface area contributed by atoms with Gasteiger partial charge >= 0.3 is 5.97 Å². The van der Waals surface area contributed by atoms with Crippen LogP contribution in [0.5, 0.6) is 0 Å². The number of carboxylic acids is 1. The van der Waals surface area contributed by atoms with Crippen LogP contribution in [-0.2, 0) is 6.54 Å². The number of hydrogen-bond acceptors (Lipinski definition) is 2. The number of hydrogen-bond donors (Lipinski definition) is 1. The van der Waals surface area contributed by atoms with Gasteiger partial charge in [-0.05, 0) is 24.7 Å². The Morgan fingerprint density at radius 1 is 1.44 bits per heavy atom. The summed E-state index contributed by atoms with van der Waals surface area (Å²) >= 11 is 0. The zero-order valence-electron chi connectivity index (χ0n) is 9.31. The Kier molecular flexibility index (Phi) is 4.56. The van der Waals surface area contributed by atoms with Gasteiger partial charge < -0.3 is 10.0 Å². The average molecular weight is 217 g/mol. The standard InChI is InChI=1S/C13H15NO2/c1-3-4-9-14(2)10-11-5-7-12(8-6-11)13(15)16/h1,5-8H,4,9-10H2,2H3,(H,15,16). The van der Waals surface area contributed by atoms with Gasteiger partial charge in [-0.2, -0.15) is 0 Å². The minimum Gasteiger partial charge on any atom is -0.478 e. The van der Waals surface area contributed by atoms with Crippen LogP contribution in [0.1, 0.15) is 22.3 Å². The highest BCUT2D eigenvalue weighted by Crippen LogP contribution is 2.06. The molecule has 0 aliphatic rings. The van der Waals surface area contributed by atoms with Crippen LogP contribution in [0.25, 0.3) is 0 Å². The molecule has 0 heterocycles. The Balaban J connectivity index is 2.55. The van der Waals surface area contributed by atoms with Gasteiger partial charge in [-0.3, -0.25) is 0 Å². The van der Waals surface area contributed by atoms with Gasteiger partial charge in [0.05, 0.1) is 5.56 Å². The van der Waals surface area contributed by atoms with E-state index >= 15 is 0 Å². The van der Waals surface area contributed by atoms with Crippen molar-refractivity contribution in [1.29, 1.82) is 0 Å². The molecule has 0 bridgehead atoms. The van der Waals surface area contributed by atoms with Crippen LogP contribution in [0.15, 0.2) is 24.3 Å². The third-order valence-electron chi connectivity index (χ3n) is 2.29. The Hall–Kier alpha value is -1.79. The van der Waals surface area contributed by atoms with Gasteiger partial charge in [-0.25, -0.2) is 4.79 Å². The minimum atomic E-state index is -0.896. The van der Waals surface area contributed by atoms with E-state index in [9.17, 15) is 4.79 Å². The molecule has 0 amide bonds. The van der Waals surface area contributed by atoms with Gasteiger partial charge in [-0.1, -0.05) is 12.1 Å². The van der Waals surface area contributed by atoms with Crippen molar-refractivity contribution in [2.24, 2.45) is 0 Å². The molecule has 0 aromatic heterocycles. The molecule has 3 nitrogen and oxygen atoms in total. The van der Waals surface area contributed by atoms with Crippen molar-refractivity contribution in [3.8, 4) is 12.3 Å². The van der Waals surface area contributed by atoms with Crippen molar-refractivity contribution in [3.05, 3.63) is 35.4 Å². The van der Waals surface area contributed by atoms with Crippen LogP contribution in [0.4, 0.5) is 0 Å². The molecule has 0 spiro atoms. The van der Waals surface area contributed by atoms with E-state index in [1.807, 2.05) is 19.2 Å². The van der Waals surface area contributed by atoms with Crippen LogP contribution in [0.2, 0.25) is 0 Å². The van der Waals surface area contributed by atoms with Crippen LogP contribution in [-0.4, -0.2) is 29.6 Å². The first-order chi connectivity index (χ1) is 7.63. The summed E-state index contributed by atoms with van der Waals surface area (Å²) in [4.78, 5) is 12.7. The molecule has 0 aliphatic heterocycles. The SMILES string of the molecule is C#CCCN(C)Cc1ccc(C(=O)O)cc1. The Bertz CT molecular complexity index is 389. The largest absolute Gasteiger partial charge is 0.478 e. The van der Waals surface area contributed by atoms with Gasteiger partial charge in [0.1, 0.15) is 0 Å². The molecular formula is C13H15NO2. The summed E-state index contributed by atoms with van der Waals surface area (Å²) in [5, 5.41) is 8.74. The molecule has 1 rings (SSSR count). The molecule has 0 atom stereocenters. The molecular weight excluding hydrogens is 202 g/mol. The molecule has 3 heteroatoms. The number of aromatic carboxylic acids is 1. The van der Waals surface area contributed by atoms with Crippen molar-refractivity contribution in [3.63, 3.8) is 0 Å². The highest BCUT2D eigenvalue weighted by atomic mass is 16.4. The highest BCUT2D eigenvalue weighted by Gasteiger charge is 2.03. The van der Waals surface area contributed by atoms with E-state index in [2.05, 4.69) is 10.8 Å². The fourth-order valence-electron chi connectivity index (χ4n) is 1.40. The summed E-state index contributed by atoms with van der Waals surface area (Å²) in [7, 11) is 1.99. The summed E-state index contributed by atoms with van der Waals surface area (Å²) in [5.74, 6) is 1.69. The van der Waals surface area contributed by atoms with E-state index in [1.165, 1.54) is 0 Å². The summed E-state index contributed by atoms with van der Waals surface area (Å²) in [5.41, 5.74) is 1.40. The lowest BCUT2D eigenvalue weighted by molar-refractivity contribution is 0.0697. The molecule has 0 saturated heterocycles. The Morgan fingerprint density at radius 3 is 2.56 bits per heavy atom. The van der Waals surface area contributed by atoms with Crippen molar-refractivity contribution >= 4 is 5.97 Å². The molecule has 1 aromatic carbocycles. The fourth-order valence-corrected chi connectivity index (χ4v) is 1.40. The molecule has 0 saturated carbocycles. The van der Waals surface area contributed by atoms with Crippen molar-refractivity contribution in [2.45, 2.75) is 13.0 Å². The molecule has 0 aliphatic carbocycles. The zero-order chi connectivity index (χ0) is 12.0. The average Bonchev–Trinajstić information content (AvgIpc) is 2.27. The number of terminal acetylenes is 1. The predicted octanol–water partition coefficient (Wildman–Crippen LogP) is 1.84. The first-order valence-electron chi connectivity index (χ1n) is 5.07. The highest BCUT2D eigenvalue weighted by molar-refractivity contribution is 5.87. The maximum Gasteiger partial charge on any atom is 0.335 e. The zero-order valence-corrected chi connectivity index (χ0v) is 9.31. The number of benzene rings is 1. The minimum absolute atomic E-state index is 0.315. The second-order valence-corrected chi connectivity index (χ2v) is 3.69. The molecule has 0 fully saturated rings. The summed E-state index contributed by atoms with van der Waals surface area (Å²) in [6, 6.07) is 6.89. The lowest BCUT2D eigenvalue weighted by Crippen LogP contribution is -2.18. The maximum atomic E-state index is 10.6. The van der Waals surface area contributed by atoms with Crippen LogP contribution >= 0.6 is 0 Å². The van der Waals surface area contributed by atoms with Crippen LogP contribution < -0.4 is 0 Å². The monoisotopic (exact) mass is 217 g/mol. The topological polar surface area (TPSA) is 40.5 Å². The predicted molar refractivity (Wildman–Crippen MR) is 63.2 cm³/mol. The fraction of sp³-hybridized carbons (Fsp3) is 0.308. The third-order valence-corrected chi connectivity index (χ3v) is 2.29. The Labute approximate surface area is 95.7 Å². The van der Waals surface area contributed by atoms with E-state index in [-0.39, 0.29) is 0 Å². The van der Waals surface area contributed by atoms with Crippen molar-refractivity contribution in [1.82, 2.24) is 4.90 Å². The second-order valence-electron chi connectivity index (χ2n) is 3.69. The van der Waals surface area contributed by atoms with E-state index in [1.54, 1.807) is 12.1 Å². The van der Waals surface area contributed by atoms with E-state index in [0.717, 1.165) is 25.1 Å². The molecule has 0 radical (unpaired) electrons.